The first-order valence-electron chi connectivity index (χ1n) is 5.81. The van der Waals surface area contributed by atoms with E-state index in [1.807, 2.05) is 36.4 Å². The summed E-state index contributed by atoms with van der Waals surface area (Å²) in [6.45, 7) is 2.49. The maximum atomic E-state index is 6.04. The SMILES string of the molecule is CC[C@@H](N)c1ccccc1OCc1ccco1. The number of benzene rings is 1. The fourth-order valence-electron chi connectivity index (χ4n) is 1.68. The number of hydrogen-bond acceptors (Lipinski definition) is 3. The zero-order valence-corrected chi connectivity index (χ0v) is 9.93. The van der Waals surface area contributed by atoms with Crippen LogP contribution in [0.1, 0.15) is 30.7 Å². The van der Waals surface area contributed by atoms with Gasteiger partial charge in [-0.25, -0.2) is 0 Å². The summed E-state index contributed by atoms with van der Waals surface area (Å²) in [7, 11) is 0. The lowest BCUT2D eigenvalue weighted by Crippen LogP contribution is -2.10. The highest BCUT2D eigenvalue weighted by Gasteiger charge is 2.10. The molecule has 3 nitrogen and oxygen atoms in total. The second-order valence-electron chi connectivity index (χ2n) is 3.92. The molecule has 1 heterocycles. The van der Waals surface area contributed by atoms with Crippen LogP contribution in [0, 0.1) is 0 Å². The molecule has 1 aromatic heterocycles. The van der Waals surface area contributed by atoms with Crippen LogP contribution in [0.4, 0.5) is 0 Å². The molecule has 1 aromatic carbocycles. The molecule has 0 saturated carbocycles. The van der Waals surface area contributed by atoms with Gasteiger partial charge in [-0.15, -0.1) is 0 Å². The molecule has 0 bridgehead atoms. The summed E-state index contributed by atoms with van der Waals surface area (Å²) in [5, 5.41) is 0. The lowest BCUT2D eigenvalue weighted by Gasteiger charge is -2.14. The van der Waals surface area contributed by atoms with Crippen LogP contribution in [0.2, 0.25) is 0 Å². The van der Waals surface area contributed by atoms with Gasteiger partial charge in [-0.05, 0) is 24.6 Å². The number of furan rings is 1. The van der Waals surface area contributed by atoms with Gasteiger partial charge in [0.25, 0.3) is 0 Å². The van der Waals surface area contributed by atoms with Gasteiger partial charge in [0, 0.05) is 11.6 Å². The van der Waals surface area contributed by atoms with Gasteiger partial charge in [-0.1, -0.05) is 25.1 Å². The van der Waals surface area contributed by atoms with Crippen molar-refractivity contribution in [2.45, 2.75) is 26.0 Å². The molecular formula is C14H17NO2. The predicted molar refractivity (Wildman–Crippen MR) is 66.7 cm³/mol. The number of rotatable bonds is 5. The van der Waals surface area contributed by atoms with E-state index in [2.05, 4.69) is 6.92 Å². The van der Waals surface area contributed by atoms with E-state index < -0.39 is 0 Å². The van der Waals surface area contributed by atoms with Crippen molar-refractivity contribution in [2.24, 2.45) is 5.73 Å². The topological polar surface area (TPSA) is 48.4 Å². The summed E-state index contributed by atoms with van der Waals surface area (Å²) in [4.78, 5) is 0. The van der Waals surface area contributed by atoms with Crippen molar-refractivity contribution in [3.05, 3.63) is 54.0 Å². The molecule has 90 valence electrons. The number of para-hydroxylation sites is 1. The zero-order valence-electron chi connectivity index (χ0n) is 9.93. The number of hydrogen-bond donors (Lipinski definition) is 1. The lowest BCUT2D eigenvalue weighted by atomic mass is 10.0. The Kier molecular flexibility index (Phi) is 3.83. The standard InChI is InChI=1S/C14H17NO2/c1-2-13(15)12-7-3-4-8-14(12)17-10-11-6-5-9-16-11/h3-9,13H,2,10,15H2,1H3/t13-/m1/s1. The zero-order chi connectivity index (χ0) is 12.1. The maximum Gasteiger partial charge on any atom is 0.146 e. The molecule has 0 spiro atoms. The smallest absolute Gasteiger partial charge is 0.146 e. The molecule has 17 heavy (non-hydrogen) atoms. The third kappa shape index (κ3) is 2.88. The van der Waals surface area contributed by atoms with Crippen molar-refractivity contribution >= 4 is 0 Å². The summed E-state index contributed by atoms with van der Waals surface area (Å²) in [5.74, 6) is 1.64. The predicted octanol–water partition coefficient (Wildman–Crippen LogP) is 3.27. The van der Waals surface area contributed by atoms with Crippen molar-refractivity contribution in [2.75, 3.05) is 0 Å². The van der Waals surface area contributed by atoms with E-state index in [9.17, 15) is 0 Å². The van der Waals surface area contributed by atoms with Crippen molar-refractivity contribution in [3.63, 3.8) is 0 Å². The van der Waals surface area contributed by atoms with Crippen molar-refractivity contribution < 1.29 is 9.15 Å². The summed E-state index contributed by atoms with van der Waals surface area (Å²) >= 11 is 0. The Hall–Kier alpha value is -1.74. The van der Waals surface area contributed by atoms with Crippen LogP contribution in [-0.2, 0) is 6.61 Å². The average molecular weight is 231 g/mol. The molecule has 0 aliphatic carbocycles. The lowest BCUT2D eigenvalue weighted by molar-refractivity contribution is 0.266. The molecule has 2 aromatic rings. The van der Waals surface area contributed by atoms with Crippen LogP contribution < -0.4 is 10.5 Å². The van der Waals surface area contributed by atoms with Gasteiger partial charge < -0.3 is 14.9 Å². The minimum atomic E-state index is 0.0165. The molecule has 0 aliphatic rings. The summed E-state index contributed by atoms with van der Waals surface area (Å²) in [6, 6.07) is 11.6. The highest BCUT2D eigenvalue weighted by atomic mass is 16.5. The summed E-state index contributed by atoms with van der Waals surface area (Å²) in [5.41, 5.74) is 7.08. The summed E-state index contributed by atoms with van der Waals surface area (Å²) < 4.78 is 11.0. The van der Waals surface area contributed by atoms with E-state index in [-0.39, 0.29) is 6.04 Å². The minimum absolute atomic E-state index is 0.0165. The minimum Gasteiger partial charge on any atom is -0.485 e. The Balaban J connectivity index is 2.09. The molecule has 0 amide bonds. The van der Waals surface area contributed by atoms with E-state index >= 15 is 0 Å². The van der Waals surface area contributed by atoms with Gasteiger partial charge in [0.05, 0.1) is 6.26 Å². The van der Waals surface area contributed by atoms with Gasteiger partial charge in [0.1, 0.15) is 18.1 Å². The van der Waals surface area contributed by atoms with Gasteiger partial charge >= 0.3 is 0 Å². The quantitative estimate of drug-likeness (QED) is 0.859. The van der Waals surface area contributed by atoms with E-state index in [1.54, 1.807) is 6.26 Å². The van der Waals surface area contributed by atoms with Gasteiger partial charge in [-0.3, -0.25) is 0 Å². The van der Waals surface area contributed by atoms with Crippen molar-refractivity contribution in [1.29, 1.82) is 0 Å². The molecule has 2 rings (SSSR count). The van der Waals surface area contributed by atoms with E-state index in [1.165, 1.54) is 0 Å². The molecule has 0 unspecified atom stereocenters. The molecule has 0 fully saturated rings. The maximum absolute atomic E-state index is 6.04. The Morgan fingerprint density at radius 3 is 2.76 bits per heavy atom. The summed E-state index contributed by atoms with van der Waals surface area (Å²) in [6.07, 6.45) is 2.53. The molecule has 3 heteroatoms. The largest absolute Gasteiger partial charge is 0.485 e. The first-order chi connectivity index (χ1) is 8.31. The van der Waals surface area contributed by atoms with Gasteiger partial charge in [0.2, 0.25) is 0 Å². The van der Waals surface area contributed by atoms with Crippen LogP contribution in [0.5, 0.6) is 5.75 Å². The molecule has 0 saturated heterocycles. The Morgan fingerprint density at radius 1 is 1.24 bits per heavy atom. The average Bonchev–Trinajstić information content (AvgIpc) is 2.89. The van der Waals surface area contributed by atoms with E-state index in [0.29, 0.717) is 6.61 Å². The molecule has 0 aliphatic heterocycles. The Morgan fingerprint density at radius 2 is 2.06 bits per heavy atom. The fraction of sp³-hybridized carbons (Fsp3) is 0.286. The van der Waals surface area contributed by atoms with Crippen LogP contribution in [-0.4, -0.2) is 0 Å². The van der Waals surface area contributed by atoms with Crippen molar-refractivity contribution in [1.82, 2.24) is 0 Å². The highest BCUT2D eigenvalue weighted by Crippen LogP contribution is 2.26. The van der Waals surface area contributed by atoms with Crippen LogP contribution in [0.15, 0.2) is 47.1 Å². The number of ether oxygens (including phenoxy) is 1. The molecular weight excluding hydrogens is 214 g/mol. The normalized spacial score (nSPS) is 12.4. The third-order valence-corrected chi connectivity index (χ3v) is 2.71. The van der Waals surface area contributed by atoms with Crippen molar-refractivity contribution in [3.8, 4) is 5.75 Å². The fourth-order valence-corrected chi connectivity index (χ4v) is 1.68. The first kappa shape index (κ1) is 11.7. The second kappa shape index (κ2) is 5.55. The van der Waals surface area contributed by atoms with E-state index in [4.69, 9.17) is 14.9 Å². The third-order valence-electron chi connectivity index (χ3n) is 2.71. The molecule has 2 N–H and O–H groups in total. The molecule has 1 atom stereocenters. The Labute approximate surface area is 101 Å². The van der Waals surface area contributed by atoms with Crippen LogP contribution in [0.25, 0.3) is 0 Å². The first-order valence-corrected chi connectivity index (χ1v) is 5.81. The van der Waals surface area contributed by atoms with Gasteiger partial charge in [0.15, 0.2) is 0 Å². The highest BCUT2D eigenvalue weighted by molar-refractivity contribution is 5.35. The van der Waals surface area contributed by atoms with Crippen LogP contribution in [0.3, 0.4) is 0 Å². The molecule has 0 radical (unpaired) electrons. The van der Waals surface area contributed by atoms with Crippen LogP contribution >= 0.6 is 0 Å². The monoisotopic (exact) mass is 231 g/mol. The number of nitrogens with two attached hydrogens (primary N) is 1. The second-order valence-corrected chi connectivity index (χ2v) is 3.92. The van der Waals surface area contributed by atoms with E-state index in [0.717, 1.165) is 23.5 Å². The Bertz CT molecular complexity index is 451. The van der Waals surface area contributed by atoms with Gasteiger partial charge in [-0.2, -0.15) is 0 Å².